The van der Waals surface area contributed by atoms with Crippen molar-refractivity contribution in [2.24, 2.45) is 0 Å². The molecule has 0 amide bonds. The molecule has 0 radical (unpaired) electrons. The van der Waals surface area contributed by atoms with Crippen LogP contribution in [-0.2, 0) is 0 Å². The van der Waals surface area contributed by atoms with E-state index < -0.39 is 11.6 Å². The van der Waals surface area contributed by atoms with Gasteiger partial charge in [0.05, 0.1) is 6.61 Å². The Bertz CT molecular complexity index is 416. The van der Waals surface area contributed by atoms with E-state index in [1.807, 2.05) is 13.2 Å². The quantitative estimate of drug-likeness (QED) is 0.720. The molecule has 0 spiro atoms. The molecular formula is C12H19F2N3OS. The summed E-state index contributed by atoms with van der Waals surface area (Å²) in [6.45, 7) is 4.08. The fourth-order valence-corrected chi connectivity index (χ4v) is 2.23. The van der Waals surface area contributed by atoms with E-state index in [-0.39, 0.29) is 29.5 Å². The van der Waals surface area contributed by atoms with Gasteiger partial charge in [0.2, 0.25) is 0 Å². The van der Waals surface area contributed by atoms with E-state index in [0.717, 1.165) is 6.07 Å². The Labute approximate surface area is 116 Å². The largest absolute Gasteiger partial charge is 0.395 e. The Morgan fingerprint density at radius 1 is 1.37 bits per heavy atom. The molecule has 0 aliphatic carbocycles. The molecule has 4 nitrogen and oxygen atoms in total. The first-order valence-corrected chi connectivity index (χ1v) is 7.32. The fraction of sp³-hybridized carbons (Fsp3) is 0.583. The highest BCUT2D eigenvalue weighted by atomic mass is 32.2. The lowest BCUT2D eigenvalue weighted by Crippen LogP contribution is -2.31. The zero-order chi connectivity index (χ0) is 14.4. The topological polar surface area (TPSA) is 57.2 Å². The Morgan fingerprint density at radius 2 is 2.00 bits per heavy atom. The molecule has 7 heteroatoms. The van der Waals surface area contributed by atoms with Crippen molar-refractivity contribution < 1.29 is 13.9 Å². The van der Waals surface area contributed by atoms with Crippen molar-refractivity contribution in [3.8, 4) is 0 Å². The number of aliphatic hydroxyl groups is 1. The lowest BCUT2D eigenvalue weighted by atomic mass is 10.2. The standard InChI is InChI=1S/C12H19F2N3OS/c1-4-15-11-8(13)5-9(14)12(17-11)16-7(2)10(6-18)19-3/h5,7,10,18H,4,6H2,1-3H3,(H2,15,16,17). The van der Waals surface area contributed by atoms with Crippen LogP contribution in [0.2, 0.25) is 0 Å². The summed E-state index contributed by atoms with van der Waals surface area (Å²) in [6, 6.07) is 0.606. The van der Waals surface area contributed by atoms with Crippen molar-refractivity contribution in [2.45, 2.75) is 25.1 Å². The van der Waals surface area contributed by atoms with Crippen LogP contribution < -0.4 is 10.6 Å². The van der Waals surface area contributed by atoms with E-state index in [4.69, 9.17) is 0 Å². The number of anilines is 2. The molecule has 108 valence electrons. The van der Waals surface area contributed by atoms with Gasteiger partial charge in [-0.2, -0.15) is 11.8 Å². The highest BCUT2D eigenvalue weighted by Gasteiger charge is 2.18. The van der Waals surface area contributed by atoms with E-state index in [1.165, 1.54) is 11.8 Å². The first kappa shape index (κ1) is 16.0. The van der Waals surface area contributed by atoms with Gasteiger partial charge in [-0.3, -0.25) is 0 Å². The molecule has 1 rings (SSSR count). The van der Waals surface area contributed by atoms with Gasteiger partial charge in [0.25, 0.3) is 0 Å². The maximum atomic E-state index is 13.6. The minimum Gasteiger partial charge on any atom is -0.395 e. The molecule has 0 aliphatic heterocycles. The first-order chi connectivity index (χ1) is 9.03. The summed E-state index contributed by atoms with van der Waals surface area (Å²) in [6.07, 6.45) is 1.86. The number of pyridine rings is 1. The van der Waals surface area contributed by atoms with Crippen LogP contribution in [0.4, 0.5) is 20.4 Å². The highest BCUT2D eigenvalue weighted by Crippen LogP contribution is 2.21. The van der Waals surface area contributed by atoms with E-state index in [9.17, 15) is 13.9 Å². The Morgan fingerprint density at radius 3 is 2.53 bits per heavy atom. The zero-order valence-corrected chi connectivity index (χ0v) is 12.0. The second kappa shape index (κ2) is 7.49. The normalized spacial score (nSPS) is 14.0. The molecule has 0 bridgehead atoms. The minimum absolute atomic E-state index is 0.0163. The Hall–Kier alpha value is -1.08. The van der Waals surface area contributed by atoms with Crippen molar-refractivity contribution in [1.29, 1.82) is 0 Å². The van der Waals surface area contributed by atoms with E-state index in [2.05, 4.69) is 15.6 Å². The van der Waals surface area contributed by atoms with Crippen LogP contribution in [0.25, 0.3) is 0 Å². The molecule has 1 aromatic heterocycles. The van der Waals surface area contributed by atoms with Crippen molar-refractivity contribution in [3.63, 3.8) is 0 Å². The number of aliphatic hydroxyl groups excluding tert-OH is 1. The number of nitrogens with zero attached hydrogens (tertiary/aromatic N) is 1. The van der Waals surface area contributed by atoms with Crippen LogP contribution in [0.15, 0.2) is 6.07 Å². The molecule has 1 aromatic rings. The lowest BCUT2D eigenvalue weighted by Gasteiger charge is -2.22. The number of hydrogen-bond acceptors (Lipinski definition) is 5. The summed E-state index contributed by atoms with van der Waals surface area (Å²) in [4.78, 5) is 3.89. The van der Waals surface area contributed by atoms with Crippen molar-refractivity contribution in [3.05, 3.63) is 17.7 Å². The minimum atomic E-state index is -0.746. The summed E-state index contributed by atoms with van der Waals surface area (Å²) in [5.74, 6) is -1.47. The molecule has 3 N–H and O–H groups in total. The van der Waals surface area contributed by atoms with Crippen LogP contribution in [0.1, 0.15) is 13.8 Å². The average molecular weight is 291 g/mol. The summed E-state index contributed by atoms with van der Waals surface area (Å²) in [5.41, 5.74) is 0. The number of hydrogen-bond donors (Lipinski definition) is 3. The Kier molecular flexibility index (Phi) is 6.30. The molecule has 0 saturated carbocycles. The van der Waals surface area contributed by atoms with E-state index in [1.54, 1.807) is 6.92 Å². The monoisotopic (exact) mass is 291 g/mol. The molecule has 1 heterocycles. The van der Waals surface area contributed by atoms with Gasteiger partial charge in [0.1, 0.15) is 0 Å². The molecule has 0 aliphatic rings. The second-order valence-corrected chi connectivity index (χ2v) is 5.15. The van der Waals surface area contributed by atoms with E-state index in [0.29, 0.717) is 6.54 Å². The maximum absolute atomic E-state index is 13.6. The van der Waals surface area contributed by atoms with Gasteiger partial charge >= 0.3 is 0 Å². The van der Waals surface area contributed by atoms with Crippen LogP contribution in [0.5, 0.6) is 0 Å². The number of nitrogens with one attached hydrogen (secondary N) is 2. The van der Waals surface area contributed by atoms with E-state index >= 15 is 0 Å². The van der Waals surface area contributed by atoms with Gasteiger partial charge in [-0.25, -0.2) is 13.8 Å². The predicted molar refractivity (Wildman–Crippen MR) is 75.8 cm³/mol. The fourth-order valence-electron chi connectivity index (χ4n) is 1.60. The van der Waals surface area contributed by atoms with Crippen molar-refractivity contribution in [2.75, 3.05) is 30.0 Å². The number of aromatic nitrogens is 1. The number of thioether (sulfide) groups is 1. The smallest absolute Gasteiger partial charge is 0.168 e. The molecule has 0 saturated heterocycles. The predicted octanol–water partition coefficient (Wildman–Crippen LogP) is 2.32. The zero-order valence-electron chi connectivity index (χ0n) is 11.2. The Balaban J connectivity index is 2.90. The van der Waals surface area contributed by atoms with Crippen LogP contribution in [-0.4, -0.2) is 40.8 Å². The molecular weight excluding hydrogens is 272 g/mol. The molecule has 2 unspecified atom stereocenters. The van der Waals surface area contributed by atoms with Crippen molar-refractivity contribution >= 4 is 23.4 Å². The first-order valence-electron chi connectivity index (χ1n) is 6.03. The number of rotatable bonds is 7. The third-order valence-corrected chi connectivity index (χ3v) is 3.84. The third kappa shape index (κ3) is 4.21. The molecule has 0 fully saturated rings. The summed E-state index contributed by atoms with van der Waals surface area (Å²) in [5, 5.41) is 14.7. The average Bonchev–Trinajstić information content (AvgIpc) is 2.37. The maximum Gasteiger partial charge on any atom is 0.168 e. The van der Waals surface area contributed by atoms with Crippen LogP contribution >= 0.6 is 11.8 Å². The van der Waals surface area contributed by atoms with Crippen LogP contribution in [0.3, 0.4) is 0 Å². The second-order valence-electron chi connectivity index (χ2n) is 4.07. The van der Waals surface area contributed by atoms with Gasteiger partial charge in [-0.1, -0.05) is 0 Å². The van der Waals surface area contributed by atoms with Gasteiger partial charge in [0.15, 0.2) is 23.3 Å². The lowest BCUT2D eigenvalue weighted by molar-refractivity contribution is 0.288. The van der Waals surface area contributed by atoms with Crippen LogP contribution in [0, 0.1) is 11.6 Å². The van der Waals surface area contributed by atoms with Crippen molar-refractivity contribution in [1.82, 2.24) is 4.98 Å². The number of halogens is 2. The summed E-state index contributed by atoms with van der Waals surface area (Å²) >= 11 is 1.47. The van der Waals surface area contributed by atoms with Gasteiger partial charge in [-0.05, 0) is 20.1 Å². The molecule has 2 atom stereocenters. The van der Waals surface area contributed by atoms with Gasteiger partial charge in [-0.15, -0.1) is 0 Å². The van der Waals surface area contributed by atoms with Gasteiger partial charge in [0, 0.05) is 23.9 Å². The summed E-state index contributed by atoms with van der Waals surface area (Å²) in [7, 11) is 0. The molecule has 19 heavy (non-hydrogen) atoms. The highest BCUT2D eigenvalue weighted by molar-refractivity contribution is 7.99. The molecule has 0 aromatic carbocycles. The summed E-state index contributed by atoms with van der Waals surface area (Å²) < 4.78 is 27.0. The van der Waals surface area contributed by atoms with Gasteiger partial charge < -0.3 is 15.7 Å². The third-order valence-electron chi connectivity index (χ3n) is 2.68. The SMILES string of the molecule is CCNc1nc(NC(C)C(CO)SC)c(F)cc1F.